The number of nitrogens with one attached hydrogen (secondary N) is 1. The molecule has 0 aliphatic carbocycles. The highest BCUT2D eigenvalue weighted by atomic mass is 16.5. The molecular formula is C17H29N3O. The van der Waals surface area contributed by atoms with Crippen molar-refractivity contribution >= 4 is 5.69 Å². The summed E-state index contributed by atoms with van der Waals surface area (Å²) < 4.78 is 5.85. The van der Waals surface area contributed by atoms with E-state index in [2.05, 4.69) is 54.3 Å². The Labute approximate surface area is 129 Å². The highest BCUT2D eigenvalue weighted by molar-refractivity contribution is 5.56. The van der Waals surface area contributed by atoms with E-state index in [1.807, 2.05) is 0 Å². The first kappa shape index (κ1) is 16.1. The van der Waals surface area contributed by atoms with Gasteiger partial charge < -0.3 is 19.9 Å². The summed E-state index contributed by atoms with van der Waals surface area (Å²) in [6, 6.07) is 6.49. The van der Waals surface area contributed by atoms with Gasteiger partial charge in [0.25, 0.3) is 0 Å². The van der Waals surface area contributed by atoms with Crippen molar-refractivity contribution in [3.05, 3.63) is 23.8 Å². The molecule has 0 bridgehead atoms. The van der Waals surface area contributed by atoms with E-state index in [0.717, 1.165) is 51.5 Å². The van der Waals surface area contributed by atoms with Crippen LogP contribution in [0.5, 0.6) is 5.75 Å². The van der Waals surface area contributed by atoms with Crippen LogP contribution in [-0.4, -0.2) is 58.3 Å². The molecule has 1 heterocycles. The zero-order chi connectivity index (χ0) is 15.1. The lowest BCUT2D eigenvalue weighted by atomic mass is 10.1. The topological polar surface area (TPSA) is 27.7 Å². The standard InChI is InChI=1S/C17H29N3O/c1-15-14-16(21-13-5-10-19(2)3)6-7-17(15)20-11-4-8-18-9-12-20/h6-7,14,18H,4-5,8-13H2,1-3H3. The third-order valence-corrected chi connectivity index (χ3v) is 3.87. The number of nitrogens with zero attached hydrogens (tertiary/aromatic N) is 2. The van der Waals surface area contributed by atoms with Crippen molar-refractivity contribution in [2.24, 2.45) is 0 Å². The van der Waals surface area contributed by atoms with Crippen LogP contribution in [0.25, 0.3) is 0 Å². The monoisotopic (exact) mass is 291 g/mol. The Morgan fingerprint density at radius 3 is 2.86 bits per heavy atom. The average molecular weight is 291 g/mol. The molecule has 1 aliphatic rings. The van der Waals surface area contributed by atoms with E-state index in [-0.39, 0.29) is 0 Å². The second kappa shape index (κ2) is 8.25. The Hall–Kier alpha value is -1.26. The summed E-state index contributed by atoms with van der Waals surface area (Å²) in [4.78, 5) is 4.66. The molecule has 4 nitrogen and oxygen atoms in total. The normalized spacial score (nSPS) is 16.1. The minimum atomic E-state index is 0.782. The molecule has 2 rings (SSSR count). The molecule has 1 N–H and O–H groups in total. The quantitative estimate of drug-likeness (QED) is 0.813. The van der Waals surface area contributed by atoms with Crippen molar-refractivity contribution in [3.8, 4) is 5.75 Å². The highest BCUT2D eigenvalue weighted by Gasteiger charge is 2.12. The molecular weight excluding hydrogens is 262 g/mol. The van der Waals surface area contributed by atoms with Gasteiger partial charge in [-0.25, -0.2) is 0 Å². The summed E-state index contributed by atoms with van der Waals surface area (Å²) >= 11 is 0. The van der Waals surface area contributed by atoms with Gasteiger partial charge in [-0.2, -0.15) is 0 Å². The Kier molecular flexibility index (Phi) is 6.33. The van der Waals surface area contributed by atoms with E-state index in [0.29, 0.717) is 0 Å². The number of benzene rings is 1. The Bertz CT molecular complexity index is 426. The van der Waals surface area contributed by atoms with Gasteiger partial charge in [0.15, 0.2) is 0 Å². The van der Waals surface area contributed by atoms with Crippen LogP contribution in [0, 0.1) is 6.92 Å². The van der Waals surface area contributed by atoms with Crippen molar-refractivity contribution in [1.29, 1.82) is 0 Å². The molecule has 0 radical (unpaired) electrons. The second-order valence-electron chi connectivity index (χ2n) is 6.04. The van der Waals surface area contributed by atoms with E-state index >= 15 is 0 Å². The first-order chi connectivity index (χ1) is 10.2. The lowest BCUT2D eigenvalue weighted by molar-refractivity contribution is 0.281. The molecule has 0 atom stereocenters. The summed E-state index contributed by atoms with van der Waals surface area (Å²) in [6.07, 6.45) is 2.27. The molecule has 0 spiro atoms. The van der Waals surface area contributed by atoms with Crippen LogP contribution >= 0.6 is 0 Å². The minimum absolute atomic E-state index is 0.782. The van der Waals surface area contributed by atoms with Crippen molar-refractivity contribution in [1.82, 2.24) is 10.2 Å². The van der Waals surface area contributed by atoms with E-state index in [9.17, 15) is 0 Å². The lowest BCUT2D eigenvalue weighted by Gasteiger charge is -2.24. The molecule has 1 aliphatic heterocycles. The average Bonchev–Trinajstić information content (AvgIpc) is 2.72. The fourth-order valence-electron chi connectivity index (χ4n) is 2.73. The predicted molar refractivity (Wildman–Crippen MR) is 89.5 cm³/mol. The van der Waals surface area contributed by atoms with Gasteiger partial charge in [-0.15, -0.1) is 0 Å². The Morgan fingerprint density at radius 2 is 2.10 bits per heavy atom. The summed E-state index contributed by atoms with van der Waals surface area (Å²) in [5, 5.41) is 3.45. The predicted octanol–water partition coefficient (Wildman–Crippen LogP) is 2.13. The van der Waals surface area contributed by atoms with Crippen LogP contribution < -0.4 is 15.0 Å². The van der Waals surface area contributed by atoms with Crippen LogP contribution in [0.2, 0.25) is 0 Å². The molecule has 21 heavy (non-hydrogen) atoms. The zero-order valence-electron chi connectivity index (χ0n) is 13.7. The van der Waals surface area contributed by atoms with Gasteiger partial charge in [-0.1, -0.05) is 0 Å². The summed E-state index contributed by atoms with van der Waals surface area (Å²) in [7, 11) is 4.18. The minimum Gasteiger partial charge on any atom is -0.494 e. The van der Waals surface area contributed by atoms with E-state index < -0.39 is 0 Å². The van der Waals surface area contributed by atoms with Crippen LogP contribution in [0.3, 0.4) is 0 Å². The smallest absolute Gasteiger partial charge is 0.119 e. The second-order valence-corrected chi connectivity index (χ2v) is 6.04. The summed E-state index contributed by atoms with van der Waals surface area (Å²) in [5.41, 5.74) is 2.65. The maximum absolute atomic E-state index is 5.85. The third-order valence-electron chi connectivity index (χ3n) is 3.87. The molecule has 0 amide bonds. The van der Waals surface area contributed by atoms with Gasteiger partial charge in [-0.05, 0) is 64.2 Å². The molecule has 1 saturated heterocycles. The fourth-order valence-corrected chi connectivity index (χ4v) is 2.73. The molecule has 4 heteroatoms. The van der Waals surface area contributed by atoms with Crippen molar-refractivity contribution in [2.45, 2.75) is 19.8 Å². The van der Waals surface area contributed by atoms with Crippen molar-refractivity contribution < 1.29 is 4.74 Å². The largest absolute Gasteiger partial charge is 0.494 e. The first-order valence-corrected chi connectivity index (χ1v) is 8.00. The number of anilines is 1. The maximum atomic E-state index is 5.85. The Morgan fingerprint density at radius 1 is 1.24 bits per heavy atom. The SMILES string of the molecule is Cc1cc(OCCCN(C)C)ccc1N1CCCNCC1. The van der Waals surface area contributed by atoms with E-state index in [1.54, 1.807) is 0 Å². The fraction of sp³-hybridized carbons (Fsp3) is 0.647. The van der Waals surface area contributed by atoms with Gasteiger partial charge in [0.1, 0.15) is 5.75 Å². The van der Waals surface area contributed by atoms with E-state index in [1.165, 1.54) is 17.7 Å². The Balaban J connectivity index is 1.90. The molecule has 0 saturated carbocycles. The van der Waals surface area contributed by atoms with Crippen LogP contribution in [-0.2, 0) is 0 Å². The lowest BCUT2D eigenvalue weighted by Crippen LogP contribution is -2.28. The van der Waals surface area contributed by atoms with Gasteiger partial charge in [-0.3, -0.25) is 0 Å². The van der Waals surface area contributed by atoms with E-state index in [4.69, 9.17) is 4.74 Å². The number of hydrogen-bond donors (Lipinski definition) is 1. The van der Waals surface area contributed by atoms with Gasteiger partial charge in [0, 0.05) is 31.9 Å². The van der Waals surface area contributed by atoms with Crippen LogP contribution in [0.4, 0.5) is 5.69 Å². The van der Waals surface area contributed by atoms with Gasteiger partial charge in [0.05, 0.1) is 6.61 Å². The number of ether oxygens (including phenoxy) is 1. The number of rotatable bonds is 6. The molecule has 118 valence electrons. The molecule has 0 aromatic heterocycles. The van der Waals surface area contributed by atoms with Crippen molar-refractivity contribution in [2.75, 3.05) is 58.3 Å². The molecule has 1 fully saturated rings. The molecule has 1 aromatic rings. The zero-order valence-corrected chi connectivity index (χ0v) is 13.7. The number of aryl methyl sites for hydroxylation is 1. The van der Waals surface area contributed by atoms with Gasteiger partial charge in [0.2, 0.25) is 0 Å². The maximum Gasteiger partial charge on any atom is 0.119 e. The highest BCUT2D eigenvalue weighted by Crippen LogP contribution is 2.25. The first-order valence-electron chi connectivity index (χ1n) is 8.00. The molecule has 1 aromatic carbocycles. The van der Waals surface area contributed by atoms with Crippen molar-refractivity contribution in [3.63, 3.8) is 0 Å². The molecule has 0 unspecified atom stereocenters. The number of hydrogen-bond acceptors (Lipinski definition) is 4. The summed E-state index contributed by atoms with van der Waals surface area (Å²) in [6.45, 7) is 8.45. The van der Waals surface area contributed by atoms with Crippen LogP contribution in [0.1, 0.15) is 18.4 Å². The van der Waals surface area contributed by atoms with Gasteiger partial charge >= 0.3 is 0 Å². The third kappa shape index (κ3) is 5.21. The summed E-state index contributed by atoms with van der Waals surface area (Å²) in [5.74, 6) is 0.989. The van der Waals surface area contributed by atoms with Crippen LogP contribution in [0.15, 0.2) is 18.2 Å².